The first kappa shape index (κ1) is 19.8. The summed E-state index contributed by atoms with van der Waals surface area (Å²) >= 11 is 1.05. The molecule has 0 saturated carbocycles. The number of nitrogens with one attached hydrogen (secondary N) is 1. The summed E-state index contributed by atoms with van der Waals surface area (Å²) in [6.07, 6.45) is 0. The molecule has 0 fully saturated rings. The van der Waals surface area contributed by atoms with Crippen molar-refractivity contribution in [3.8, 4) is 0 Å². The number of hydrogen-bond acceptors (Lipinski definition) is 6. The predicted octanol–water partition coefficient (Wildman–Crippen LogP) is 3.45. The highest BCUT2D eigenvalue weighted by molar-refractivity contribution is 7.17. The van der Waals surface area contributed by atoms with Gasteiger partial charge in [0.25, 0.3) is 5.56 Å². The second-order valence-corrected chi connectivity index (χ2v) is 7.37. The van der Waals surface area contributed by atoms with Crippen molar-refractivity contribution in [3.63, 3.8) is 0 Å². The highest BCUT2D eigenvalue weighted by atomic mass is 32.1. The van der Waals surface area contributed by atoms with E-state index >= 15 is 0 Å². The van der Waals surface area contributed by atoms with Crippen molar-refractivity contribution in [1.82, 2.24) is 9.55 Å². The third kappa shape index (κ3) is 3.68. The third-order valence-electron chi connectivity index (χ3n) is 4.42. The van der Waals surface area contributed by atoms with Crippen LogP contribution in [0.4, 0.5) is 5.13 Å². The van der Waals surface area contributed by atoms with Crippen LogP contribution in [0.5, 0.6) is 0 Å². The molecule has 3 aromatic rings. The molecule has 2 aromatic heterocycles. The minimum absolute atomic E-state index is 0.249. The Hall–Kier alpha value is -3.00. The van der Waals surface area contributed by atoms with E-state index in [0.29, 0.717) is 21.2 Å². The molecule has 1 amide bonds. The number of hydrogen-bond donors (Lipinski definition) is 1. The van der Waals surface area contributed by atoms with Gasteiger partial charge in [-0.2, -0.15) is 0 Å². The van der Waals surface area contributed by atoms with Gasteiger partial charge in [0.05, 0.1) is 17.8 Å². The minimum atomic E-state index is -0.756. The molecule has 1 aromatic carbocycles. The molecule has 28 heavy (non-hydrogen) atoms. The maximum Gasteiger partial charge on any atom is 0.350 e. The lowest BCUT2D eigenvalue weighted by Crippen LogP contribution is -2.31. The minimum Gasteiger partial charge on any atom is -0.462 e. The number of anilines is 1. The standard InChI is InChI=1S/C20H21N3O4S/c1-5-27-19(26)17-12(3)21-20(28-17)22-18(25)13(4)23-15-9-7-6-8-14(15)11(2)10-16(23)24/h6-10,13H,5H2,1-4H3,(H,21,22,25). The number of aromatic nitrogens is 2. The molecule has 0 aliphatic carbocycles. The number of fused-ring (bicyclic) bond motifs is 1. The number of esters is 1. The van der Waals surface area contributed by atoms with Gasteiger partial charge in [0.15, 0.2) is 5.13 Å². The number of amides is 1. The lowest BCUT2D eigenvalue weighted by Gasteiger charge is -2.18. The molecule has 0 spiro atoms. The lowest BCUT2D eigenvalue weighted by atomic mass is 10.1. The fourth-order valence-electron chi connectivity index (χ4n) is 3.03. The van der Waals surface area contributed by atoms with Gasteiger partial charge < -0.3 is 10.1 Å². The first-order chi connectivity index (χ1) is 13.3. The fourth-order valence-corrected chi connectivity index (χ4v) is 3.89. The quantitative estimate of drug-likeness (QED) is 0.664. The molecule has 1 N–H and O–H groups in total. The van der Waals surface area contributed by atoms with Gasteiger partial charge in [-0.05, 0) is 39.3 Å². The molecule has 2 heterocycles. The third-order valence-corrected chi connectivity index (χ3v) is 5.47. The molecule has 8 heteroatoms. The summed E-state index contributed by atoms with van der Waals surface area (Å²) in [5.74, 6) is -0.855. The van der Waals surface area contributed by atoms with Crippen LogP contribution in [0, 0.1) is 13.8 Å². The van der Waals surface area contributed by atoms with E-state index in [1.54, 1.807) is 20.8 Å². The summed E-state index contributed by atoms with van der Waals surface area (Å²) in [6.45, 7) is 7.19. The van der Waals surface area contributed by atoms with Crippen molar-refractivity contribution in [1.29, 1.82) is 0 Å². The van der Waals surface area contributed by atoms with Crippen molar-refractivity contribution in [2.45, 2.75) is 33.7 Å². The Balaban J connectivity index is 1.91. The number of aryl methyl sites for hydroxylation is 2. The van der Waals surface area contributed by atoms with Crippen molar-refractivity contribution < 1.29 is 14.3 Å². The fraction of sp³-hybridized carbons (Fsp3) is 0.300. The molecule has 0 bridgehead atoms. The van der Waals surface area contributed by atoms with Crippen LogP contribution in [-0.2, 0) is 9.53 Å². The second-order valence-electron chi connectivity index (χ2n) is 6.37. The van der Waals surface area contributed by atoms with E-state index in [4.69, 9.17) is 4.74 Å². The summed E-state index contributed by atoms with van der Waals surface area (Å²) < 4.78 is 6.45. The molecule has 3 rings (SSSR count). The zero-order valence-corrected chi connectivity index (χ0v) is 16.9. The maximum absolute atomic E-state index is 12.8. The van der Waals surface area contributed by atoms with Crippen LogP contribution in [0.15, 0.2) is 35.1 Å². The van der Waals surface area contributed by atoms with Gasteiger partial charge in [0, 0.05) is 11.5 Å². The average molecular weight is 399 g/mol. The highest BCUT2D eigenvalue weighted by Gasteiger charge is 2.22. The van der Waals surface area contributed by atoms with Gasteiger partial charge >= 0.3 is 5.97 Å². The lowest BCUT2D eigenvalue weighted by molar-refractivity contribution is -0.118. The Morgan fingerprint density at radius 3 is 2.71 bits per heavy atom. The number of rotatable bonds is 5. The van der Waals surface area contributed by atoms with Crippen molar-refractivity contribution in [3.05, 3.63) is 56.8 Å². The molecule has 0 aliphatic rings. The number of ether oxygens (including phenoxy) is 1. The van der Waals surface area contributed by atoms with Crippen molar-refractivity contribution in [2.75, 3.05) is 11.9 Å². The van der Waals surface area contributed by atoms with E-state index < -0.39 is 12.0 Å². The first-order valence-electron chi connectivity index (χ1n) is 8.89. The molecule has 0 saturated heterocycles. The van der Waals surface area contributed by atoms with Gasteiger partial charge in [-0.3, -0.25) is 14.2 Å². The van der Waals surface area contributed by atoms with E-state index in [1.165, 1.54) is 10.6 Å². The van der Waals surface area contributed by atoms with Gasteiger partial charge in [0.1, 0.15) is 10.9 Å². The molecule has 7 nitrogen and oxygen atoms in total. The maximum atomic E-state index is 12.8. The van der Waals surface area contributed by atoms with Crippen LogP contribution in [0.1, 0.15) is 40.8 Å². The van der Waals surface area contributed by atoms with E-state index in [-0.39, 0.29) is 18.1 Å². The van der Waals surface area contributed by atoms with E-state index in [2.05, 4.69) is 10.3 Å². The van der Waals surface area contributed by atoms with Gasteiger partial charge in [-0.25, -0.2) is 9.78 Å². The van der Waals surface area contributed by atoms with E-state index in [0.717, 1.165) is 22.3 Å². The SMILES string of the molecule is CCOC(=O)c1sc(NC(=O)C(C)n2c(=O)cc(C)c3ccccc32)nc1C. The normalized spacial score (nSPS) is 12.0. The number of pyridine rings is 1. The van der Waals surface area contributed by atoms with Gasteiger partial charge in [-0.1, -0.05) is 29.5 Å². The van der Waals surface area contributed by atoms with Crippen molar-refractivity contribution in [2.24, 2.45) is 0 Å². The molecular weight excluding hydrogens is 378 g/mol. The first-order valence-corrected chi connectivity index (χ1v) is 9.71. The van der Waals surface area contributed by atoms with E-state index in [9.17, 15) is 14.4 Å². The summed E-state index contributed by atoms with van der Waals surface area (Å²) in [4.78, 5) is 41.9. The Morgan fingerprint density at radius 1 is 1.29 bits per heavy atom. The highest BCUT2D eigenvalue weighted by Crippen LogP contribution is 2.25. The van der Waals surface area contributed by atoms with Crippen LogP contribution in [0.25, 0.3) is 10.9 Å². The molecule has 1 unspecified atom stereocenters. The average Bonchev–Trinajstić information content (AvgIpc) is 3.02. The molecular formula is C20H21N3O4S. The Morgan fingerprint density at radius 2 is 2.00 bits per heavy atom. The predicted molar refractivity (Wildman–Crippen MR) is 109 cm³/mol. The van der Waals surface area contributed by atoms with Crippen LogP contribution in [-0.4, -0.2) is 28.0 Å². The van der Waals surface area contributed by atoms with E-state index in [1.807, 2.05) is 31.2 Å². The zero-order chi connectivity index (χ0) is 20.4. The number of thiazole rings is 1. The number of nitrogens with zero attached hydrogens (tertiary/aromatic N) is 2. The topological polar surface area (TPSA) is 90.3 Å². The molecule has 0 radical (unpaired) electrons. The Labute approximate surface area is 166 Å². The number of benzene rings is 1. The van der Waals surface area contributed by atoms with Crippen molar-refractivity contribution >= 4 is 39.2 Å². The molecule has 0 aliphatic heterocycles. The number of carbonyl (C=O) groups excluding carboxylic acids is 2. The summed E-state index contributed by atoms with van der Waals surface area (Å²) in [5.41, 5.74) is 1.79. The largest absolute Gasteiger partial charge is 0.462 e. The monoisotopic (exact) mass is 399 g/mol. The number of para-hydroxylation sites is 1. The van der Waals surface area contributed by atoms with Gasteiger partial charge in [0.2, 0.25) is 5.91 Å². The smallest absolute Gasteiger partial charge is 0.350 e. The van der Waals surface area contributed by atoms with Crippen LogP contribution < -0.4 is 10.9 Å². The molecule has 1 atom stereocenters. The Kier molecular flexibility index (Phi) is 5.60. The summed E-state index contributed by atoms with van der Waals surface area (Å²) in [7, 11) is 0. The second kappa shape index (κ2) is 7.93. The van der Waals surface area contributed by atoms with Crippen LogP contribution in [0.2, 0.25) is 0 Å². The number of carbonyl (C=O) groups is 2. The Bertz CT molecular complexity index is 1120. The van der Waals surface area contributed by atoms with Crippen LogP contribution in [0.3, 0.4) is 0 Å². The molecule has 146 valence electrons. The summed E-state index contributed by atoms with van der Waals surface area (Å²) in [6, 6.07) is 8.23. The zero-order valence-electron chi connectivity index (χ0n) is 16.1. The van der Waals surface area contributed by atoms with Crippen LogP contribution >= 0.6 is 11.3 Å². The summed E-state index contributed by atoms with van der Waals surface area (Å²) in [5, 5.41) is 3.91. The van der Waals surface area contributed by atoms with Gasteiger partial charge in [-0.15, -0.1) is 0 Å².